The summed E-state index contributed by atoms with van der Waals surface area (Å²) in [5.41, 5.74) is 7.36. The predicted molar refractivity (Wildman–Crippen MR) is 63.0 cm³/mol. The number of hydrogen-bond donors (Lipinski definition) is 1. The number of rotatable bonds is 2. The third-order valence-corrected chi connectivity index (χ3v) is 4.05. The van der Waals surface area contributed by atoms with Crippen molar-refractivity contribution in [1.82, 2.24) is 0 Å². The fourth-order valence-corrected chi connectivity index (χ4v) is 2.80. The van der Waals surface area contributed by atoms with E-state index in [0.717, 1.165) is 17.6 Å². The number of anilines is 2. The minimum absolute atomic E-state index is 0.180. The molecule has 1 aromatic heterocycles. The first-order chi connectivity index (χ1) is 6.72. The molecule has 76 valence electrons. The van der Waals surface area contributed by atoms with Crippen LogP contribution >= 0.6 is 27.3 Å². The molecule has 0 saturated carbocycles. The van der Waals surface area contributed by atoms with Crippen LogP contribution in [0.4, 0.5) is 11.4 Å². The maximum absolute atomic E-state index is 11.6. The summed E-state index contributed by atoms with van der Waals surface area (Å²) in [6.45, 7) is 0.783. The summed E-state index contributed by atoms with van der Waals surface area (Å²) in [5.74, 6) is 0.598. The Kier molecular flexibility index (Phi) is 2.78. The zero-order chi connectivity index (χ0) is 10.1. The highest BCUT2D eigenvalue weighted by atomic mass is 79.9. The van der Waals surface area contributed by atoms with E-state index in [1.165, 1.54) is 11.3 Å². The molecule has 1 aliphatic rings. The van der Waals surface area contributed by atoms with Gasteiger partial charge >= 0.3 is 0 Å². The maximum atomic E-state index is 11.6. The highest BCUT2D eigenvalue weighted by Gasteiger charge is 2.30. The van der Waals surface area contributed by atoms with Gasteiger partial charge in [0.05, 0.1) is 11.4 Å². The Labute approximate surface area is 95.0 Å². The summed E-state index contributed by atoms with van der Waals surface area (Å²) in [7, 11) is 0. The third kappa shape index (κ3) is 1.66. The van der Waals surface area contributed by atoms with Gasteiger partial charge in [-0.15, -0.1) is 11.3 Å². The van der Waals surface area contributed by atoms with Gasteiger partial charge < -0.3 is 10.6 Å². The lowest BCUT2D eigenvalue weighted by Gasteiger charge is -2.15. The van der Waals surface area contributed by atoms with Gasteiger partial charge in [-0.05, 0) is 5.92 Å². The molecule has 0 radical (unpaired) electrons. The van der Waals surface area contributed by atoms with Gasteiger partial charge in [-0.25, -0.2) is 0 Å². The van der Waals surface area contributed by atoms with Gasteiger partial charge in [-0.1, -0.05) is 15.9 Å². The van der Waals surface area contributed by atoms with E-state index < -0.39 is 0 Å². The molecule has 1 saturated heterocycles. The van der Waals surface area contributed by atoms with E-state index in [2.05, 4.69) is 15.9 Å². The number of halogens is 1. The summed E-state index contributed by atoms with van der Waals surface area (Å²) in [5, 5.41) is 4.67. The molecule has 1 amide bonds. The van der Waals surface area contributed by atoms with E-state index in [9.17, 15) is 4.79 Å². The number of carbonyl (C=O) groups is 1. The molecule has 0 aliphatic carbocycles. The van der Waals surface area contributed by atoms with Crippen LogP contribution < -0.4 is 10.6 Å². The van der Waals surface area contributed by atoms with Crippen LogP contribution in [0.15, 0.2) is 10.8 Å². The van der Waals surface area contributed by atoms with Gasteiger partial charge in [0.15, 0.2) is 0 Å². The lowest BCUT2D eigenvalue weighted by molar-refractivity contribution is -0.117. The molecule has 14 heavy (non-hydrogen) atoms. The van der Waals surface area contributed by atoms with Crippen LogP contribution in [-0.4, -0.2) is 17.8 Å². The van der Waals surface area contributed by atoms with E-state index in [1.54, 1.807) is 4.90 Å². The zero-order valence-electron chi connectivity index (χ0n) is 7.57. The van der Waals surface area contributed by atoms with Crippen molar-refractivity contribution in [3.63, 3.8) is 0 Å². The van der Waals surface area contributed by atoms with Crippen LogP contribution in [0.2, 0.25) is 0 Å². The van der Waals surface area contributed by atoms with Gasteiger partial charge in [-0.3, -0.25) is 4.79 Å². The first kappa shape index (κ1) is 9.98. The Morgan fingerprint density at radius 1 is 1.64 bits per heavy atom. The van der Waals surface area contributed by atoms with E-state index in [-0.39, 0.29) is 5.91 Å². The van der Waals surface area contributed by atoms with E-state index >= 15 is 0 Å². The molecule has 1 fully saturated rings. The van der Waals surface area contributed by atoms with Crippen molar-refractivity contribution in [3.8, 4) is 0 Å². The van der Waals surface area contributed by atoms with Gasteiger partial charge in [0.2, 0.25) is 5.91 Å². The van der Waals surface area contributed by atoms with Gasteiger partial charge in [0, 0.05) is 29.1 Å². The molecule has 1 atom stereocenters. The second-order valence-electron chi connectivity index (χ2n) is 3.44. The number of amides is 1. The molecule has 3 nitrogen and oxygen atoms in total. The minimum atomic E-state index is 0.180. The first-order valence-corrected chi connectivity index (χ1v) is 6.46. The average Bonchev–Trinajstić information content (AvgIpc) is 2.72. The minimum Gasteiger partial charge on any atom is -0.396 e. The lowest BCUT2D eigenvalue weighted by Crippen LogP contribution is -2.24. The molecule has 1 unspecified atom stereocenters. The molecule has 2 rings (SSSR count). The van der Waals surface area contributed by atoms with Crippen molar-refractivity contribution in [1.29, 1.82) is 0 Å². The number of nitrogens with zero attached hydrogens (tertiary/aromatic N) is 1. The molecule has 1 aromatic rings. The van der Waals surface area contributed by atoms with Crippen LogP contribution in [-0.2, 0) is 4.79 Å². The van der Waals surface area contributed by atoms with Crippen molar-refractivity contribution >= 4 is 44.5 Å². The summed E-state index contributed by atoms with van der Waals surface area (Å²) < 4.78 is 0. The Hall–Kier alpha value is -0.550. The second-order valence-corrected chi connectivity index (χ2v) is 4.83. The Morgan fingerprint density at radius 3 is 2.93 bits per heavy atom. The summed E-state index contributed by atoms with van der Waals surface area (Å²) in [6, 6.07) is 0. The normalized spacial score (nSPS) is 21.9. The van der Waals surface area contributed by atoms with Crippen LogP contribution in [0, 0.1) is 5.92 Å². The van der Waals surface area contributed by atoms with Crippen molar-refractivity contribution in [2.45, 2.75) is 6.42 Å². The van der Waals surface area contributed by atoms with Crippen molar-refractivity contribution in [2.75, 3.05) is 22.5 Å². The third-order valence-electron chi connectivity index (χ3n) is 2.38. The standard InChI is InChI=1S/C9H11BrN2OS/c10-2-6-1-9(13)12(3-6)8-5-14-4-7(8)11/h4-6H,1-3,11H2. The summed E-state index contributed by atoms with van der Waals surface area (Å²) in [6.07, 6.45) is 0.626. The SMILES string of the molecule is Nc1cscc1N1CC(CBr)CC1=O. The fraction of sp³-hybridized carbons (Fsp3) is 0.444. The summed E-state index contributed by atoms with van der Waals surface area (Å²) in [4.78, 5) is 13.4. The predicted octanol–water partition coefficient (Wildman–Crippen LogP) is 2.08. The molecule has 0 spiro atoms. The van der Waals surface area contributed by atoms with Crippen LogP contribution in [0.5, 0.6) is 0 Å². The van der Waals surface area contributed by atoms with E-state index in [4.69, 9.17) is 5.73 Å². The molecule has 5 heteroatoms. The number of carbonyl (C=O) groups excluding carboxylic acids is 1. The zero-order valence-corrected chi connectivity index (χ0v) is 9.97. The first-order valence-electron chi connectivity index (χ1n) is 4.40. The molecule has 2 heterocycles. The number of hydrogen-bond acceptors (Lipinski definition) is 3. The molecular weight excluding hydrogens is 264 g/mol. The Morgan fingerprint density at radius 2 is 2.43 bits per heavy atom. The van der Waals surface area contributed by atoms with E-state index in [1.807, 2.05) is 10.8 Å². The maximum Gasteiger partial charge on any atom is 0.227 e. The van der Waals surface area contributed by atoms with Crippen molar-refractivity contribution in [3.05, 3.63) is 10.8 Å². The summed E-state index contributed by atoms with van der Waals surface area (Å²) >= 11 is 4.94. The molecular formula is C9H11BrN2OS. The number of nitrogen functional groups attached to an aromatic ring is 1. The lowest BCUT2D eigenvalue weighted by atomic mass is 10.2. The Balaban J connectivity index is 2.20. The Bertz CT molecular complexity index is 352. The number of alkyl halides is 1. The second kappa shape index (κ2) is 3.90. The van der Waals surface area contributed by atoms with Crippen molar-refractivity contribution in [2.24, 2.45) is 5.92 Å². The average molecular weight is 275 g/mol. The topological polar surface area (TPSA) is 46.3 Å². The molecule has 0 bridgehead atoms. The monoisotopic (exact) mass is 274 g/mol. The molecule has 2 N–H and O–H groups in total. The highest BCUT2D eigenvalue weighted by Crippen LogP contribution is 2.32. The highest BCUT2D eigenvalue weighted by molar-refractivity contribution is 9.09. The number of nitrogens with two attached hydrogens (primary N) is 1. The fourth-order valence-electron chi connectivity index (χ4n) is 1.64. The molecule has 1 aliphatic heterocycles. The van der Waals surface area contributed by atoms with Crippen LogP contribution in [0.1, 0.15) is 6.42 Å². The van der Waals surface area contributed by atoms with Gasteiger partial charge in [0.25, 0.3) is 0 Å². The quantitative estimate of drug-likeness (QED) is 0.840. The smallest absolute Gasteiger partial charge is 0.227 e. The molecule has 0 aromatic carbocycles. The van der Waals surface area contributed by atoms with Crippen LogP contribution in [0.25, 0.3) is 0 Å². The van der Waals surface area contributed by atoms with Crippen LogP contribution in [0.3, 0.4) is 0 Å². The number of thiophene rings is 1. The van der Waals surface area contributed by atoms with Gasteiger partial charge in [-0.2, -0.15) is 0 Å². The van der Waals surface area contributed by atoms with Crippen molar-refractivity contribution < 1.29 is 4.79 Å². The largest absolute Gasteiger partial charge is 0.396 e. The van der Waals surface area contributed by atoms with Gasteiger partial charge in [0.1, 0.15) is 0 Å². The van der Waals surface area contributed by atoms with E-state index in [0.29, 0.717) is 18.0 Å².